The van der Waals surface area contributed by atoms with Crippen molar-refractivity contribution >= 4 is 12.2 Å². The Morgan fingerprint density at radius 2 is 1.68 bits per heavy atom. The summed E-state index contributed by atoms with van der Waals surface area (Å²) in [7, 11) is 3.24. The molecule has 1 N–H and O–H groups in total. The topological polar surface area (TPSA) is 56.8 Å². The molecule has 0 radical (unpaired) electrons. The molecule has 0 saturated heterocycles. The molecular formula is C20H23NO4. The van der Waals surface area contributed by atoms with Crippen molar-refractivity contribution in [2.45, 2.75) is 13.0 Å². The van der Waals surface area contributed by atoms with E-state index in [1.807, 2.05) is 60.7 Å². The van der Waals surface area contributed by atoms with Gasteiger partial charge in [0, 0.05) is 6.54 Å². The summed E-state index contributed by atoms with van der Waals surface area (Å²) in [4.78, 5) is 11.7. The van der Waals surface area contributed by atoms with Gasteiger partial charge in [-0.2, -0.15) is 0 Å². The van der Waals surface area contributed by atoms with Gasteiger partial charge in [0.2, 0.25) is 0 Å². The molecule has 0 aliphatic rings. The molecule has 2 rings (SSSR count). The highest BCUT2D eigenvalue weighted by atomic mass is 16.5. The highest BCUT2D eigenvalue weighted by molar-refractivity contribution is 5.67. The zero-order valence-corrected chi connectivity index (χ0v) is 14.5. The first-order valence-electron chi connectivity index (χ1n) is 8.06. The van der Waals surface area contributed by atoms with Gasteiger partial charge in [-0.1, -0.05) is 48.6 Å². The van der Waals surface area contributed by atoms with Crippen molar-refractivity contribution < 1.29 is 19.0 Å². The predicted octanol–water partition coefficient (Wildman–Crippen LogP) is 4.03. The van der Waals surface area contributed by atoms with Crippen LogP contribution < -0.4 is 14.8 Å². The molecule has 0 fully saturated rings. The van der Waals surface area contributed by atoms with Crippen LogP contribution in [0.5, 0.6) is 11.5 Å². The van der Waals surface area contributed by atoms with Gasteiger partial charge in [-0.15, -0.1) is 0 Å². The van der Waals surface area contributed by atoms with E-state index in [0.717, 1.165) is 22.6 Å². The molecule has 0 bridgehead atoms. The van der Waals surface area contributed by atoms with Crippen LogP contribution in [0.15, 0.2) is 54.6 Å². The fourth-order valence-corrected chi connectivity index (χ4v) is 2.28. The van der Waals surface area contributed by atoms with Gasteiger partial charge in [0.25, 0.3) is 0 Å². The number of hydrogen-bond acceptors (Lipinski definition) is 4. The molecule has 2 aromatic rings. The van der Waals surface area contributed by atoms with E-state index in [1.165, 1.54) is 0 Å². The van der Waals surface area contributed by atoms with E-state index < -0.39 is 6.09 Å². The lowest BCUT2D eigenvalue weighted by molar-refractivity contribution is 0.140. The van der Waals surface area contributed by atoms with E-state index >= 15 is 0 Å². The smallest absolute Gasteiger partial charge is 0.407 e. The fourth-order valence-electron chi connectivity index (χ4n) is 2.28. The van der Waals surface area contributed by atoms with Gasteiger partial charge in [0.1, 0.15) is 18.1 Å². The van der Waals surface area contributed by atoms with Gasteiger partial charge < -0.3 is 19.5 Å². The Labute approximate surface area is 148 Å². The number of benzene rings is 2. The number of rotatable bonds is 8. The lowest BCUT2D eigenvalue weighted by atomic mass is 10.1. The third-order valence-corrected chi connectivity index (χ3v) is 3.54. The van der Waals surface area contributed by atoms with Gasteiger partial charge in [0.15, 0.2) is 0 Å². The Kier molecular flexibility index (Phi) is 7.38. The molecule has 0 aromatic heterocycles. The van der Waals surface area contributed by atoms with Crippen LogP contribution in [0.25, 0.3) is 6.08 Å². The molecule has 132 valence electrons. The van der Waals surface area contributed by atoms with Crippen molar-refractivity contribution in [1.29, 1.82) is 0 Å². The van der Waals surface area contributed by atoms with Crippen LogP contribution in [0, 0.1) is 0 Å². The molecule has 0 heterocycles. The van der Waals surface area contributed by atoms with Crippen LogP contribution in [0.1, 0.15) is 17.5 Å². The van der Waals surface area contributed by atoms with Gasteiger partial charge in [0.05, 0.1) is 19.8 Å². The number of methoxy groups -OCH3 is 2. The molecule has 0 spiro atoms. The number of carbonyl (C=O) groups excluding carboxylic acids is 1. The van der Waals surface area contributed by atoms with Crippen LogP contribution in [0.2, 0.25) is 0 Å². The number of nitrogens with one attached hydrogen (secondary N) is 1. The second-order valence-electron chi connectivity index (χ2n) is 5.26. The van der Waals surface area contributed by atoms with Crippen LogP contribution in [-0.4, -0.2) is 26.9 Å². The van der Waals surface area contributed by atoms with Gasteiger partial charge in [-0.3, -0.25) is 0 Å². The van der Waals surface area contributed by atoms with E-state index in [9.17, 15) is 4.79 Å². The average molecular weight is 341 g/mol. The summed E-state index contributed by atoms with van der Waals surface area (Å²) in [5.41, 5.74) is 1.83. The maximum Gasteiger partial charge on any atom is 0.407 e. The molecule has 0 aliphatic heterocycles. The van der Waals surface area contributed by atoms with Crippen molar-refractivity contribution in [2.75, 3.05) is 20.8 Å². The Hall–Kier alpha value is -2.95. The Morgan fingerprint density at radius 1 is 1.00 bits per heavy atom. The number of amides is 1. The summed E-state index contributed by atoms with van der Waals surface area (Å²) in [5, 5.41) is 2.72. The van der Waals surface area contributed by atoms with E-state index in [2.05, 4.69) is 5.32 Å². The van der Waals surface area contributed by atoms with Crippen LogP contribution >= 0.6 is 0 Å². The normalized spacial score (nSPS) is 10.5. The minimum atomic E-state index is -0.424. The minimum Gasteiger partial charge on any atom is -0.496 e. The summed E-state index contributed by atoms with van der Waals surface area (Å²) in [6.45, 7) is 0.752. The standard InChI is InChI=1S/C20H23NO4/c1-23-18-12-8-13-19(24-2)17(18)11-6-7-14-21-20(22)25-15-16-9-4-3-5-10-16/h3-6,8-13H,7,14-15H2,1-2H3,(H,21,22). The molecule has 0 aliphatic carbocycles. The lowest BCUT2D eigenvalue weighted by Gasteiger charge is -2.09. The predicted molar refractivity (Wildman–Crippen MR) is 97.8 cm³/mol. The second-order valence-corrected chi connectivity index (χ2v) is 5.26. The van der Waals surface area contributed by atoms with E-state index in [0.29, 0.717) is 13.0 Å². The summed E-state index contributed by atoms with van der Waals surface area (Å²) < 4.78 is 15.8. The third kappa shape index (κ3) is 5.88. The molecule has 2 aromatic carbocycles. The quantitative estimate of drug-likeness (QED) is 0.737. The highest BCUT2D eigenvalue weighted by Gasteiger charge is 2.06. The van der Waals surface area contributed by atoms with E-state index in [-0.39, 0.29) is 6.61 Å². The molecule has 0 atom stereocenters. The average Bonchev–Trinajstić information content (AvgIpc) is 2.66. The summed E-state index contributed by atoms with van der Waals surface area (Å²) in [5.74, 6) is 1.48. The summed E-state index contributed by atoms with van der Waals surface area (Å²) in [6, 6.07) is 15.2. The highest BCUT2D eigenvalue weighted by Crippen LogP contribution is 2.29. The number of hydrogen-bond donors (Lipinski definition) is 1. The van der Waals surface area contributed by atoms with Crippen molar-refractivity contribution in [3.63, 3.8) is 0 Å². The first kappa shape index (κ1) is 18.4. The van der Waals surface area contributed by atoms with Gasteiger partial charge in [-0.05, 0) is 24.1 Å². The number of carbonyl (C=O) groups is 1. The van der Waals surface area contributed by atoms with Crippen molar-refractivity contribution in [2.24, 2.45) is 0 Å². The third-order valence-electron chi connectivity index (χ3n) is 3.54. The SMILES string of the molecule is COc1cccc(OC)c1C=CCCNC(=O)OCc1ccccc1. The molecule has 25 heavy (non-hydrogen) atoms. The molecule has 5 heteroatoms. The molecule has 0 saturated carbocycles. The Balaban J connectivity index is 1.75. The van der Waals surface area contributed by atoms with E-state index in [1.54, 1.807) is 14.2 Å². The molecule has 5 nitrogen and oxygen atoms in total. The summed E-state index contributed by atoms with van der Waals surface area (Å²) >= 11 is 0. The largest absolute Gasteiger partial charge is 0.496 e. The van der Waals surface area contributed by atoms with E-state index in [4.69, 9.17) is 14.2 Å². The van der Waals surface area contributed by atoms with Gasteiger partial charge in [-0.25, -0.2) is 4.79 Å². The Bertz CT molecular complexity index is 676. The van der Waals surface area contributed by atoms with Gasteiger partial charge >= 0.3 is 6.09 Å². The number of alkyl carbamates (subject to hydrolysis) is 1. The zero-order chi connectivity index (χ0) is 17.9. The monoisotopic (exact) mass is 341 g/mol. The lowest BCUT2D eigenvalue weighted by Crippen LogP contribution is -2.24. The van der Waals surface area contributed by atoms with Crippen molar-refractivity contribution in [1.82, 2.24) is 5.32 Å². The first-order valence-corrected chi connectivity index (χ1v) is 8.06. The maximum atomic E-state index is 11.7. The zero-order valence-electron chi connectivity index (χ0n) is 14.5. The van der Waals surface area contributed by atoms with Crippen LogP contribution in [0.4, 0.5) is 4.79 Å². The van der Waals surface area contributed by atoms with Crippen LogP contribution in [-0.2, 0) is 11.3 Å². The fraction of sp³-hybridized carbons (Fsp3) is 0.250. The molecular weight excluding hydrogens is 318 g/mol. The number of ether oxygens (including phenoxy) is 3. The second kappa shape index (κ2) is 10.0. The Morgan fingerprint density at radius 3 is 2.32 bits per heavy atom. The van der Waals surface area contributed by atoms with Crippen LogP contribution in [0.3, 0.4) is 0 Å². The van der Waals surface area contributed by atoms with Crippen molar-refractivity contribution in [3.05, 3.63) is 65.7 Å². The molecule has 0 unspecified atom stereocenters. The minimum absolute atomic E-state index is 0.265. The maximum absolute atomic E-state index is 11.7. The van der Waals surface area contributed by atoms with Crippen molar-refractivity contribution in [3.8, 4) is 11.5 Å². The molecule has 1 amide bonds. The summed E-state index contributed by atoms with van der Waals surface area (Å²) in [6.07, 6.45) is 4.13. The first-order chi connectivity index (χ1) is 12.2.